The number of halogens is 2. The van der Waals surface area contributed by atoms with Gasteiger partial charge in [-0.15, -0.1) is 0 Å². The summed E-state index contributed by atoms with van der Waals surface area (Å²) >= 11 is -1.88. The van der Waals surface area contributed by atoms with E-state index in [0.717, 1.165) is 12.8 Å². The van der Waals surface area contributed by atoms with Crippen LogP contribution in [0.1, 0.15) is 33.4 Å². The third-order valence-corrected chi connectivity index (χ3v) is 24.5. The summed E-state index contributed by atoms with van der Waals surface area (Å²) in [5.74, 6) is -0.742. The Balaban J connectivity index is 0.000000961. The molecule has 6 rings (SSSR count). The SMILES string of the molecule is C[SiH](C)[Zr+2]([C]1=CC2=CCc3cccc1c32)[C]1=CC2=CCc3cccc1c32.[Cl-].[Cl-]. The van der Waals surface area contributed by atoms with Gasteiger partial charge in [0.25, 0.3) is 0 Å². The van der Waals surface area contributed by atoms with Crippen molar-refractivity contribution in [2.24, 2.45) is 0 Å². The molecular weight excluding hydrogens is 478 g/mol. The van der Waals surface area contributed by atoms with Crippen molar-refractivity contribution in [3.8, 4) is 0 Å². The van der Waals surface area contributed by atoms with Gasteiger partial charge in [0.05, 0.1) is 0 Å². The van der Waals surface area contributed by atoms with Gasteiger partial charge in [0.1, 0.15) is 0 Å². The smallest absolute Gasteiger partial charge is 1.00 e. The minimum atomic E-state index is -1.88. The monoisotopic (exact) mass is 497 g/mol. The molecule has 0 saturated heterocycles. The molecule has 2 aromatic carbocycles. The molecule has 0 amide bonds. The largest absolute Gasteiger partial charge is 1.00 e. The normalized spacial score (nSPS) is 16.5. The van der Waals surface area contributed by atoms with Gasteiger partial charge in [-0.1, -0.05) is 0 Å². The number of hydrogen-bond donors (Lipinski definition) is 0. The van der Waals surface area contributed by atoms with Gasteiger partial charge in [0, 0.05) is 0 Å². The van der Waals surface area contributed by atoms with Crippen LogP contribution in [0.5, 0.6) is 0 Å². The summed E-state index contributed by atoms with van der Waals surface area (Å²) < 4.78 is 3.56. The van der Waals surface area contributed by atoms with Crippen LogP contribution in [0, 0.1) is 0 Å². The van der Waals surface area contributed by atoms with Crippen LogP contribution in [0.15, 0.2) is 60.7 Å². The maximum Gasteiger partial charge on any atom is -1.00 e. The second-order valence-corrected chi connectivity index (χ2v) is 27.0. The molecule has 4 aliphatic rings. The van der Waals surface area contributed by atoms with Crippen molar-refractivity contribution in [1.29, 1.82) is 0 Å². The van der Waals surface area contributed by atoms with E-state index in [1.807, 2.05) is 0 Å². The topological polar surface area (TPSA) is 0 Å². The van der Waals surface area contributed by atoms with Crippen LogP contribution in [0.4, 0.5) is 0 Å². The van der Waals surface area contributed by atoms with Gasteiger partial charge in [-0.3, -0.25) is 0 Å². The zero-order valence-corrected chi connectivity index (χ0v) is 21.1. The molecule has 0 nitrogen and oxygen atoms in total. The fourth-order valence-electron chi connectivity index (χ4n) is 5.26. The van der Waals surface area contributed by atoms with Crippen molar-refractivity contribution < 1.29 is 45.7 Å². The predicted molar refractivity (Wildman–Crippen MR) is 111 cm³/mol. The van der Waals surface area contributed by atoms with E-state index in [9.17, 15) is 0 Å². The van der Waals surface area contributed by atoms with Crippen molar-refractivity contribution in [1.82, 2.24) is 0 Å². The fraction of sp³-hybridized carbons (Fsp3) is 0.167. The van der Waals surface area contributed by atoms with Gasteiger partial charge in [0.15, 0.2) is 0 Å². The van der Waals surface area contributed by atoms with E-state index in [1.54, 1.807) is 39.9 Å². The molecule has 0 aromatic heterocycles. The molecule has 0 aliphatic heterocycles. The van der Waals surface area contributed by atoms with E-state index in [2.05, 4.69) is 73.8 Å². The van der Waals surface area contributed by atoms with Gasteiger partial charge >= 0.3 is 165 Å². The summed E-state index contributed by atoms with van der Waals surface area (Å²) in [6.45, 7) is 5.20. The Morgan fingerprint density at radius 1 is 0.714 bits per heavy atom. The number of rotatable bonds is 3. The molecule has 139 valence electrons. The molecule has 0 radical (unpaired) electrons. The van der Waals surface area contributed by atoms with Crippen LogP contribution in [0.2, 0.25) is 13.1 Å². The molecule has 0 bridgehead atoms. The summed E-state index contributed by atoms with van der Waals surface area (Å²) in [7, 11) is 0. The van der Waals surface area contributed by atoms with Crippen LogP contribution in [-0.2, 0) is 33.8 Å². The molecule has 4 aliphatic carbocycles. The predicted octanol–water partition coefficient (Wildman–Crippen LogP) is -0.416. The standard InChI is InChI=1S/2C11H7.C2H7Si.2ClH.Zr/c2*1-2-8-4-6-10-7-5-9(3-1)11(8)10;1-3-2;;;/h2*1-3,6-7H,4H2;3H,1-2H3;2*1H;/q;;;;;+2/p-2. The summed E-state index contributed by atoms with van der Waals surface area (Å²) in [6.07, 6.45) is 12.4. The van der Waals surface area contributed by atoms with Crippen LogP contribution < -0.4 is 24.8 Å². The Bertz CT molecular complexity index is 1040. The molecule has 0 saturated carbocycles. The second-order valence-electron chi connectivity index (χ2n) is 8.09. The van der Waals surface area contributed by atoms with E-state index in [1.165, 1.54) is 11.1 Å². The quantitative estimate of drug-likeness (QED) is 0.504. The molecule has 0 heterocycles. The van der Waals surface area contributed by atoms with Gasteiger partial charge in [0.2, 0.25) is 0 Å². The van der Waals surface area contributed by atoms with Crippen molar-refractivity contribution in [3.05, 3.63) is 94.1 Å². The molecule has 0 atom stereocenters. The molecular formula is C24H21Cl2SiZr. The van der Waals surface area contributed by atoms with Gasteiger partial charge < -0.3 is 24.8 Å². The zero-order chi connectivity index (χ0) is 17.4. The third-order valence-electron chi connectivity index (χ3n) is 6.30. The second kappa shape index (κ2) is 7.40. The third kappa shape index (κ3) is 2.72. The molecule has 0 unspecified atom stereocenters. The van der Waals surface area contributed by atoms with E-state index >= 15 is 0 Å². The number of allylic oxidation sites excluding steroid dienone is 6. The minimum Gasteiger partial charge on any atom is -1.00 e. The Hall–Kier alpha value is -0.920. The molecule has 0 fully saturated rings. The molecule has 0 N–H and O–H groups in total. The fourth-order valence-corrected chi connectivity index (χ4v) is 23.2. The van der Waals surface area contributed by atoms with E-state index in [0.29, 0.717) is 0 Å². The minimum absolute atomic E-state index is 0. The van der Waals surface area contributed by atoms with Crippen molar-refractivity contribution in [2.75, 3.05) is 0 Å². The first-order valence-electron chi connectivity index (χ1n) is 9.69. The molecule has 2 aromatic rings. The van der Waals surface area contributed by atoms with Crippen LogP contribution >= 0.6 is 0 Å². The Kier molecular flexibility index (Phi) is 5.38. The first-order valence-corrected chi connectivity index (χ1v) is 19.3. The van der Waals surface area contributed by atoms with Crippen molar-refractivity contribution in [2.45, 2.75) is 25.9 Å². The van der Waals surface area contributed by atoms with Crippen LogP contribution in [0.3, 0.4) is 0 Å². The number of hydrogen-bond acceptors (Lipinski definition) is 0. The Morgan fingerprint density at radius 3 is 1.61 bits per heavy atom. The first kappa shape index (κ1) is 20.4. The maximum absolute atomic E-state index is 2.60. The summed E-state index contributed by atoms with van der Waals surface area (Å²) in [6, 6.07) is 14.0. The Labute approximate surface area is 188 Å². The number of benzene rings is 2. The summed E-state index contributed by atoms with van der Waals surface area (Å²) in [5.41, 5.74) is 12.5. The van der Waals surface area contributed by atoms with Crippen molar-refractivity contribution in [3.63, 3.8) is 0 Å². The molecule has 28 heavy (non-hydrogen) atoms. The zero-order valence-electron chi connectivity index (χ0n) is 16.0. The average molecular weight is 500 g/mol. The maximum atomic E-state index is 2.60. The van der Waals surface area contributed by atoms with Gasteiger partial charge in [-0.25, -0.2) is 0 Å². The van der Waals surface area contributed by atoms with Crippen molar-refractivity contribution >= 4 is 23.6 Å². The summed E-state index contributed by atoms with van der Waals surface area (Å²) in [5, 5.41) is 0. The van der Waals surface area contributed by atoms with E-state index in [-0.39, 0.29) is 24.8 Å². The summed E-state index contributed by atoms with van der Waals surface area (Å²) in [4.78, 5) is 0. The van der Waals surface area contributed by atoms with Crippen LogP contribution in [0.25, 0.3) is 17.7 Å². The average Bonchev–Trinajstić information content (AvgIpc) is 3.39. The first-order chi connectivity index (χ1) is 12.7. The Morgan fingerprint density at radius 2 is 1.18 bits per heavy atom. The van der Waals surface area contributed by atoms with Crippen LogP contribution in [-0.4, -0.2) is 5.92 Å². The molecule has 4 heteroatoms. The molecule has 0 spiro atoms. The van der Waals surface area contributed by atoms with E-state index < -0.39 is 26.8 Å². The van der Waals surface area contributed by atoms with Gasteiger partial charge in [-0.05, 0) is 0 Å². The van der Waals surface area contributed by atoms with E-state index in [4.69, 9.17) is 0 Å². The van der Waals surface area contributed by atoms with Gasteiger partial charge in [-0.2, -0.15) is 0 Å².